The molecule has 0 aliphatic carbocycles. The van der Waals surface area contributed by atoms with Crippen LogP contribution in [0.1, 0.15) is 12.5 Å². The summed E-state index contributed by atoms with van der Waals surface area (Å²) in [5.41, 5.74) is 1.93. The van der Waals surface area contributed by atoms with Crippen molar-refractivity contribution in [1.82, 2.24) is 30.4 Å². The first-order chi connectivity index (χ1) is 13.7. The number of guanidine groups is 1. The Kier molecular flexibility index (Phi) is 8.90. The van der Waals surface area contributed by atoms with E-state index in [1.807, 2.05) is 38.2 Å². The highest BCUT2D eigenvalue weighted by Gasteiger charge is 2.07. The number of benzene rings is 1. The summed E-state index contributed by atoms with van der Waals surface area (Å²) in [4.78, 5) is 13.2. The number of hydrogen-bond acceptors (Lipinski definition) is 6. The molecule has 0 unspecified atom stereocenters. The quantitative estimate of drug-likeness (QED) is 0.185. The number of aromatic nitrogens is 4. The number of anilines is 1. The van der Waals surface area contributed by atoms with Crippen molar-refractivity contribution in [3.63, 3.8) is 0 Å². The van der Waals surface area contributed by atoms with Crippen LogP contribution < -0.4 is 20.7 Å². The number of halogens is 1. The highest BCUT2D eigenvalue weighted by atomic mass is 127. The third-order valence-electron chi connectivity index (χ3n) is 4.16. The summed E-state index contributed by atoms with van der Waals surface area (Å²) in [7, 11) is 3.53. The molecule has 3 N–H and O–H groups in total. The first-order valence-corrected chi connectivity index (χ1v) is 9.23. The van der Waals surface area contributed by atoms with Crippen LogP contribution in [0.25, 0.3) is 11.0 Å². The second kappa shape index (κ2) is 11.4. The zero-order valence-corrected chi connectivity index (χ0v) is 19.2. The predicted molar refractivity (Wildman–Crippen MR) is 126 cm³/mol. The summed E-state index contributed by atoms with van der Waals surface area (Å²) in [5.74, 6) is 2.39. The Hall–Kier alpha value is -2.63. The van der Waals surface area contributed by atoms with Gasteiger partial charge in [-0.1, -0.05) is 12.1 Å². The third kappa shape index (κ3) is 6.17. The second-order valence-electron chi connectivity index (χ2n) is 6.12. The number of aryl methyl sites for hydroxylation is 1. The molecule has 0 bridgehead atoms. The molecule has 1 aromatic carbocycles. The largest absolute Gasteiger partial charge is 0.497 e. The van der Waals surface area contributed by atoms with E-state index in [1.54, 1.807) is 24.3 Å². The molecule has 3 rings (SSSR count). The van der Waals surface area contributed by atoms with Gasteiger partial charge in [0.1, 0.15) is 17.9 Å². The van der Waals surface area contributed by atoms with Crippen molar-refractivity contribution in [3.05, 3.63) is 42.4 Å². The lowest BCUT2D eigenvalue weighted by molar-refractivity contribution is 0.414. The molecule has 2 heterocycles. The van der Waals surface area contributed by atoms with E-state index in [9.17, 15) is 0 Å². The molecule has 0 spiro atoms. The van der Waals surface area contributed by atoms with Crippen molar-refractivity contribution < 1.29 is 4.74 Å². The number of rotatable bonds is 8. The van der Waals surface area contributed by atoms with Crippen molar-refractivity contribution in [2.75, 3.05) is 32.1 Å². The first kappa shape index (κ1) is 22.7. The van der Waals surface area contributed by atoms with Gasteiger partial charge in [0.25, 0.3) is 0 Å². The number of aliphatic imine (C=N–C) groups is 1. The Bertz CT molecular complexity index is 926. The highest BCUT2D eigenvalue weighted by Crippen LogP contribution is 2.17. The molecule has 0 aliphatic heterocycles. The van der Waals surface area contributed by atoms with Crippen LogP contribution >= 0.6 is 24.0 Å². The molecule has 10 heteroatoms. The number of fused-ring (bicyclic) bond motifs is 1. The highest BCUT2D eigenvalue weighted by molar-refractivity contribution is 14.0. The fourth-order valence-electron chi connectivity index (χ4n) is 2.71. The van der Waals surface area contributed by atoms with Gasteiger partial charge in [0, 0.05) is 26.7 Å². The van der Waals surface area contributed by atoms with Crippen LogP contribution in [0.5, 0.6) is 5.75 Å². The Morgan fingerprint density at radius 1 is 1.14 bits per heavy atom. The van der Waals surface area contributed by atoms with Crippen LogP contribution in [0.15, 0.2) is 41.8 Å². The van der Waals surface area contributed by atoms with Gasteiger partial charge in [-0.2, -0.15) is 5.10 Å². The smallest absolute Gasteiger partial charge is 0.191 e. The predicted octanol–water partition coefficient (Wildman–Crippen LogP) is 2.16. The van der Waals surface area contributed by atoms with E-state index in [-0.39, 0.29) is 24.0 Å². The summed E-state index contributed by atoms with van der Waals surface area (Å²) >= 11 is 0. The van der Waals surface area contributed by atoms with Gasteiger partial charge in [-0.3, -0.25) is 4.68 Å². The zero-order valence-electron chi connectivity index (χ0n) is 16.8. The van der Waals surface area contributed by atoms with Crippen LogP contribution in [0.4, 0.5) is 5.82 Å². The number of methoxy groups -OCH3 is 1. The lowest BCUT2D eigenvalue weighted by atomic mass is 10.2. The van der Waals surface area contributed by atoms with Gasteiger partial charge in [-0.05, 0) is 24.6 Å². The number of ether oxygens (including phenoxy) is 1. The van der Waals surface area contributed by atoms with Crippen LogP contribution in [-0.4, -0.2) is 52.5 Å². The Morgan fingerprint density at radius 3 is 2.66 bits per heavy atom. The van der Waals surface area contributed by atoms with Gasteiger partial charge in [0.15, 0.2) is 11.6 Å². The van der Waals surface area contributed by atoms with Gasteiger partial charge in [0.2, 0.25) is 0 Å². The second-order valence-corrected chi connectivity index (χ2v) is 6.12. The maximum Gasteiger partial charge on any atom is 0.191 e. The van der Waals surface area contributed by atoms with Crippen molar-refractivity contribution in [2.24, 2.45) is 12.0 Å². The molecule has 0 saturated carbocycles. The minimum Gasteiger partial charge on any atom is -0.497 e. The molecule has 0 atom stereocenters. The van der Waals surface area contributed by atoms with Gasteiger partial charge >= 0.3 is 0 Å². The van der Waals surface area contributed by atoms with Crippen LogP contribution in [0, 0.1) is 0 Å². The molecule has 0 radical (unpaired) electrons. The van der Waals surface area contributed by atoms with E-state index in [2.05, 4.69) is 36.0 Å². The summed E-state index contributed by atoms with van der Waals surface area (Å²) < 4.78 is 6.91. The normalized spacial score (nSPS) is 11.1. The van der Waals surface area contributed by atoms with Crippen LogP contribution in [-0.2, 0) is 13.6 Å². The van der Waals surface area contributed by atoms with Gasteiger partial charge in [-0.15, -0.1) is 24.0 Å². The maximum atomic E-state index is 5.18. The molecule has 9 nitrogen and oxygen atoms in total. The number of nitrogens with one attached hydrogen (secondary N) is 3. The van der Waals surface area contributed by atoms with E-state index >= 15 is 0 Å². The Morgan fingerprint density at radius 2 is 1.93 bits per heavy atom. The monoisotopic (exact) mass is 510 g/mol. The summed E-state index contributed by atoms with van der Waals surface area (Å²) in [6, 6.07) is 7.91. The van der Waals surface area contributed by atoms with E-state index in [0.29, 0.717) is 19.6 Å². The van der Waals surface area contributed by atoms with Gasteiger partial charge in [0.05, 0.1) is 25.2 Å². The minimum absolute atomic E-state index is 0. The summed E-state index contributed by atoms with van der Waals surface area (Å²) in [6.45, 7) is 4.82. The van der Waals surface area contributed by atoms with E-state index < -0.39 is 0 Å². The molecule has 156 valence electrons. The van der Waals surface area contributed by atoms with Crippen molar-refractivity contribution in [2.45, 2.75) is 13.5 Å². The molecule has 2 aromatic heterocycles. The average molecular weight is 510 g/mol. The number of nitrogens with zero attached hydrogens (tertiary/aromatic N) is 5. The van der Waals surface area contributed by atoms with Crippen molar-refractivity contribution in [3.8, 4) is 5.75 Å². The molecule has 0 saturated heterocycles. The van der Waals surface area contributed by atoms with Gasteiger partial charge < -0.3 is 20.7 Å². The number of hydrogen-bond donors (Lipinski definition) is 3. The average Bonchev–Trinajstić information content (AvgIpc) is 3.11. The SMILES string of the molecule is CCNC(=NCc1ccc(OC)cc1)NCCNc1ncnc2c1cnn2C.I. The van der Waals surface area contributed by atoms with E-state index in [4.69, 9.17) is 4.74 Å². The molecule has 3 aromatic rings. The lowest BCUT2D eigenvalue weighted by Gasteiger charge is -2.12. The zero-order chi connectivity index (χ0) is 19.8. The van der Waals surface area contributed by atoms with Crippen LogP contribution in [0.2, 0.25) is 0 Å². The fourth-order valence-corrected chi connectivity index (χ4v) is 2.71. The molecule has 0 fully saturated rings. The minimum atomic E-state index is 0. The summed E-state index contributed by atoms with van der Waals surface area (Å²) in [5, 5.41) is 15.0. The standard InChI is InChI=1S/C19H26N8O.HI/c1-4-20-19(23-11-14-5-7-15(28-3)8-6-14)22-10-9-21-17-16-12-26-27(2)18(16)25-13-24-17;/h5-8,12-13H,4,9-11H2,1-3H3,(H2,20,22,23)(H,21,24,25);1H. The molecule has 29 heavy (non-hydrogen) atoms. The topological polar surface area (TPSA) is 101 Å². The van der Waals surface area contributed by atoms with Crippen LogP contribution in [0.3, 0.4) is 0 Å². The van der Waals surface area contributed by atoms with Gasteiger partial charge in [-0.25, -0.2) is 15.0 Å². The van der Waals surface area contributed by atoms with E-state index in [1.165, 1.54) is 0 Å². The molecular weight excluding hydrogens is 483 g/mol. The van der Waals surface area contributed by atoms with Crippen molar-refractivity contribution >= 4 is 46.8 Å². The Balaban J connectivity index is 0.00000300. The Labute approximate surface area is 187 Å². The first-order valence-electron chi connectivity index (χ1n) is 9.23. The molecule has 0 aliphatic rings. The maximum absolute atomic E-state index is 5.18. The van der Waals surface area contributed by atoms with E-state index in [0.717, 1.165) is 40.7 Å². The summed E-state index contributed by atoms with van der Waals surface area (Å²) in [6.07, 6.45) is 3.31. The third-order valence-corrected chi connectivity index (χ3v) is 4.16. The lowest BCUT2D eigenvalue weighted by Crippen LogP contribution is -2.39. The fraction of sp³-hybridized carbons (Fsp3) is 0.368. The van der Waals surface area contributed by atoms with Crippen molar-refractivity contribution in [1.29, 1.82) is 0 Å². The molecular formula is C19H27IN8O. The molecule has 0 amide bonds.